The van der Waals surface area contributed by atoms with E-state index in [1.807, 2.05) is 0 Å². The number of piperazine rings is 2. The smallest absolute Gasteiger partial charge is 0.254 e. The Morgan fingerprint density at radius 1 is 0.477 bits per heavy atom. The average molecular weight is 957 g/mol. The van der Waals surface area contributed by atoms with Crippen LogP contribution in [-0.2, 0) is 52.3 Å². The second kappa shape index (κ2) is 32.4. The largest absolute Gasteiger partial charge is 0.491 e. The zero-order valence-corrected chi connectivity index (χ0v) is 40.8. The van der Waals surface area contributed by atoms with Crippen LogP contribution >= 0.6 is 23.5 Å². The van der Waals surface area contributed by atoms with Gasteiger partial charge in [-0.05, 0) is 37.5 Å². The lowest BCUT2D eigenvalue weighted by molar-refractivity contribution is -0.130. The van der Waals surface area contributed by atoms with Crippen molar-refractivity contribution in [2.45, 2.75) is 34.6 Å². The molecule has 2 fully saturated rings. The van der Waals surface area contributed by atoms with Crippen molar-refractivity contribution in [2.24, 2.45) is 5.41 Å². The van der Waals surface area contributed by atoms with E-state index in [0.717, 1.165) is 0 Å². The van der Waals surface area contributed by atoms with Crippen molar-refractivity contribution < 1.29 is 66.7 Å². The molecular weight excluding hydrogens is 885 g/mol. The summed E-state index contributed by atoms with van der Waals surface area (Å²) in [6.07, 6.45) is 0. The van der Waals surface area contributed by atoms with E-state index < -0.39 is 0 Å². The Balaban J connectivity index is 1.42. The van der Waals surface area contributed by atoms with Crippen molar-refractivity contribution in [2.75, 3.05) is 174 Å². The molecule has 0 unspecified atom stereocenters. The van der Waals surface area contributed by atoms with Crippen molar-refractivity contribution in [3.05, 3.63) is 29.3 Å². The van der Waals surface area contributed by atoms with Crippen LogP contribution in [0.3, 0.4) is 0 Å². The third-order valence-corrected chi connectivity index (χ3v) is 11.4. The Hall–Kier alpha value is -3.34. The third kappa shape index (κ3) is 24.8. The number of carbonyl (C=O) groups excluding carboxylic acids is 6. The van der Waals surface area contributed by atoms with E-state index in [1.54, 1.807) is 37.8 Å². The molecule has 0 radical (unpaired) electrons. The highest BCUT2D eigenvalue weighted by molar-refractivity contribution is 8.00. The maximum Gasteiger partial charge on any atom is 0.254 e. The minimum absolute atomic E-state index is 0.00286. The minimum atomic E-state index is -0.251. The number of hydrogen-bond donors (Lipinski definition) is 0. The molecule has 20 heteroatoms. The fourth-order valence-corrected chi connectivity index (χ4v) is 7.73. The van der Waals surface area contributed by atoms with E-state index in [-0.39, 0.29) is 60.4 Å². The van der Waals surface area contributed by atoms with Crippen molar-refractivity contribution in [1.82, 2.24) is 19.6 Å². The molecule has 1 aromatic carbocycles. The average Bonchev–Trinajstić information content (AvgIpc) is 3.28. The number of Topliss-reactive ketones (excluding diaryl/α,β-unsaturated/α-hetero) is 2. The van der Waals surface area contributed by atoms with Crippen LogP contribution in [0.4, 0.5) is 0 Å². The molecule has 2 aliphatic rings. The number of ketones is 2. The van der Waals surface area contributed by atoms with Gasteiger partial charge in [0, 0.05) is 75.0 Å². The molecule has 0 saturated carbocycles. The van der Waals surface area contributed by atoms with Crippen LogP contribution in [0, 0.1) is 5.41 Å². The fourth-order valence-electron chi connectivity index (χ4n) is 6.26. The van der Waals surface area contributed by atoms with Crippen molar-refractivity contribution >= 4 is 58.7 Å². The summed E-state index contributed by atoms with van der Waals surface area (Å²) >= 11 is 2.98. The van der Waals surface area contributed by atoms with Gasteiger partial charge < -0.3 is 57.5 Å². The molecule has 0 bridgehead atoms. The van der Waals surface area contributed by atoms with Crippen molar-refractivity contribution in [3.63, 3.8) is 0 Å². The molecule has 65 heavy (non-hydrogen) atoms. The van der Waals surface area contributed by atoms with E-state index in [2.05, 4.69) is 20.8 Å². The van der Waals surface area contributed by atoms with Gasteiger partial charge in [0.05, 0.1) is 90.8 Å². The van der Waals surface area contributed by atoms with Gasteiger partial charge in [-0.2, -0.15) is 0 Å². The van der Waals surface area contributed by atoms with E-state index in [1.165, 1.54) is 37.4 Å². The van der Waals surface area contributed by atoms with Gasteiger partial charge in [0.1, 0.15) is 25.6 Å². The Bertz CT molecular complexity index is 1500. The summed E-state index contributed by atoms with van der Waals surface area (Å²) in [6.45, 7) is 17.6. The van der Waals surface area contributed by atoms with Crippen molar-refractivity contribution in [3.8, 4) is 5.75 Å². The van der Waals surface area contributed by atoms with Crippen LogP contribution in [0.1, 0.15) is 55.3 Å². The zero-order chi connectivity index (χ0) is 47.3. The lowest BCUT2D eigenvalue weighted by atomic mass is 9.99. The van der Waals surface area contributed by atoms with Gasteiger partial charge in [0.15, 0.2) is 11.6 Å². The maximum atomic E-state index is 13.9. The summed E-state index contributed by atoms with van der Waals surface area (Å²) in [5, 5.41) is 0. The van der Waals surface area contributed by atoms with Crippen LogP contribution in [0.25, 0.3) is 0 Å². The van der Waals surface area contributed by atoms with Gasteiger partial charge in [-0.25, -0.2) is 0 Å². The summed E-state index contributed by atoms with van der Waals surface area (Å²) in [6, 6.07) is 4.91. The van der Waals surface area contributed by atoms with Crippen LogP contribution in [0.5, 0.6) is 5.75 Å². The van der Waals surface area contributed by atoms with E-state index in [0.29, 0.717) is 172 Å². The predicted molar refractivity (Wildman–Crippen MR) is 248 cm³/mol. The number of hydrogen-bond acceptors (Lipinski definition) is 16. The summed E-state index contributed by atoms with van der Waals surface area (Å²) in [7, 11) is 0. The summed E-state index contributed by atoms with van der Waals surface area (Å²) in [4.78, 5) is 82.5. The van der Waals surface area contributed by atoms with Gasteiger partial charge >= 0.3 is 0 Å². The Kier molecular flexibility index (Phi) is 27.9. The summed E-state index contributed by atoms with van der Waals surface area (Å²) < 4.78 is 44.1. The molecule has 1 aromatic rings. The number of nitrogens with zero attached hydrogens (tertiary/aromatic N) is 4. The van der Waals surface area contributed by atoms with E-state index >= 15 is 0 Å². The predicted octanol–water partition coefficient (Wildman–Crippen LogP) is 2.44. The SMILES string of the molecule is CC(=O)COCCOCCOCCSCC(=O)N1CCN(C(=O)c2cc(OCCOCC(C)(C)C)cc(C(=O)N3CCN(C(=O)CSCCOCCOCCOCC(C)=O)CC3)c2)CC1. The molecule has 18 nitrogen and oxygen atoms in total. The fraction of sp³-hybridized carbons (Fsp3) is 0.733. The molecule has 0 atom stereocenters. The minimum Gasteiger partial charge on any atom is -0.491 e. The molecule has 0 aliphatic carbocycles. The molecule has 0 N–H and O–H groups in total. The highest BCUT2D eigenvalue weighted by Crippen LogP contribution is 2.23. The van der Waals surface area contributed by atoms with Crippen LogP contribution in [0.15, 0.2) is 18.2 Å². The van der Waals surface area contributed by atoms with Gasteiger partial charge in [0.25, 0.3) is 11.8 Å². The molecule has 0 aromatic heterocycles. The molecule has 2 heterocycles. The monoisotopic (exact) mass is 956 g/mol. The number of rotatable bonds is 33. The first kappa shape index (κ1) is 56.0. The molecule has 2 saturated heterocycles. The van der Waals surface area contributed by atoms with Gasteiger partial charge in [0.2, 0.25) is 11.8 Å². The van der Waals surface area contributed by atoms with Gasteiger partial charge in [-0.15, -0.1) is 23.5 Å². The zero-order valence-electron chi connectivity index (χ0n) is 39.1. The van der Waals surface area contributed by atoms with Crippen LogP contribution in [-0.4, -0.2) is 229 Å². The molecule has 3 rings (SSSR count). The summed E-state index contributed by atoms with van der Waals surface area (Å²) in [5.74, 6) is 1.76. The number of benzene rings is 1. The first-order valence-corrected chi connectivity index (χ1v) is 24.6. The lowest BCUT2D eigenvalue weighted by Crippen LogP contribution is -2.51. The van der Waals surface area contributed by atoms with Crippen LogP contribution < -0.4 is 4.74 Å². The van der Waals surface area contributed by atoms with E-state index in [9.17, 15) is 28.8 Å². The Morgan fingerprint density at radius 2 is 0.831 bits per heavy atom. The second-order valence-electron chi connectivity index (χ2n) is 16.6. The summed E-state index contributed by atoms with van der Waals surface area (Å²) in [5.41, 5.74) is 0.638. The highest BCUT2D eigenvalue weighted by Gasteiger charge is 2.29. The Labute approximate surface area is 393 Å². The van der Waals surface area contributed by atoms with Crippen molar-refractivity contribution in [1.29, 1.82) is 0 Å². The first-order chi connectivity index (χ1) is 31.2. The first-order valence-electron chi connectivity index (χ1n) is 22.3. The maximum absolute atomic E-state index is 13.9. The number of ether oxygens (including phenoxy) is 8. The molecular formula is C45H72N4O14S2. The normalized spacial score (nSPS) is 14.5. The molecule has 2 aliphatic heterocycles. The van der Waals surface area contributed by atoms with Gasteiger partial charge in [-0.3, -0.25) is 28.8 Å². The number of carbonyl (C=O) groups is 6. The molecule has 368 valence electrons. The standard InChI is InChI=1S/C45H72N4O14S2/c1-36(50)31-60-20-18-56-14-16-58-24-26-64-33-41(52)46-6-10-48(11-7-46)43(54)38-28-39(30-40(29-38)63-23-22-62-35-45(3,4)5)44(55)49-12-8-47(9-13-49)42(53)34-65-27-25-59-17-15-57-19-21-61-32-37(2)51/h28-30H,6-27,31-35H2,1-5H3. The topological polar surface area (TPSA) is 189 Å². The van der Waals surface area contributed by atoms with E-state index in [4.69, 9.17) is 37.9 Å². The second-order valence-corrected chi connectivity index (χ2v) is 18.8. The quantitative estimate of drug-likeness (QED) is 0.0934. The van der Waals surface area contributed by atoms with Gasteiger partial charge in [-0.1, -0.05) is 20.8 Å². The number of thioether (sulfide) groups is 2. The Morgan fingerprint density at radius 3 is 1.22 bits per heavy atom. The lowest BCUT2D eigenvalue weighted by Gasteiger charge is -2.35. The van der Waals surface area contributed by atoms with Crippen LogP contribution in [0.2, 0.25) is 0 Å². The molecule has 4 amide bonds. The molecule has 0 spiro atoms. The highest BCUT2D eigenvalue weighted by atomic mass is 32.2. The third-order valence-electron chi connectivity index (χ3n) is 9.56. The number of amides is 4.